The predicted octanol–water partition coefficient (Wildman–Crippen LogP) is -1.12. The highest BCUT2D eigenvalue weighted by Crippen LogP contribution is 2.13. The van der Waals surface area contributed by atoms with Crippen LogP contribution in [0.3, 0.4) is 0 Å². The van der Waals surface area contributed by atoms with Crippen LogP contribution in [0, 0.1) is 6.92 Å². The van der Waals surface area contributed by atoms with Crippen LogP contribution in [0.5, 0.6) is 5.88 Å². The Morgan fingerprint density at radius 2 is 1.89 bits per heavy atom. The number of aromatic nitrogens is 2. The number of nitrogens with zero attached hydrogens (tertiary/aromatic N) is 1. The van der Waals surface area contributed by atoms with Gasteiger partial charge in [-0.3, -0.25) is 14.3 Å². The maximum atomic E-state index is 11.6. The van der Waals surface area contributed by atoms with E-state index in [9.17, 15) is 23.1 Å². The first-order chi connectivity index (χ1) is 8.43. The van der Waals surface area contributed by atoms with Crippen LogP contribution in [0.15, 0.2) is 9.59 Å². The Hall–Kier alpha value is -1.61. The Bertz CT molecular complexity index is 699. The fourth-order valence-corrected chi connectivity index (χ4v) is 2.80. The van der Waals surface area contributed by atoms with Gasteiger partial charge >= 0.3 is 5.69 Å². The van der Waals surface area contributed by atoms with Gasteiger partial charge in [0, 0.05) is 12.1 Å². The summed E-state index contributed by atoms with van der Waals surface area (Å²) in [4.78, 5) is 24.9. The Morgan fingerprint density at radius 3 is 2.37 bits per heavy atom. The van der Waals surface area contributed by atoms with Gasteiger partial charge in [0.15, 0.2) is 0 Å². The molecule has 0 bridgehead atoms. The molecule has 19 heavy (non-hydrogen) atoms. The number of hydrogen-bond donors (Lipinski definition) is 3. The van der Waals surface area contributed by atoms with E-state index < -0.39 is 32.7 Å². The predicted molar refractivity (Wildman–Crippen MR) is 69.8 cm³/mol. The molecular weight excluding hydrogens is 274 g/mol. The molecule has 0 aliphatic heterocycles. The van der Waals surface area contributed by atoms with Gasteiger partial charge in [-0.05, 0) is 20.8 Å². The van der Waals surface area contributed by atoms with Crippen molar-refractivity contribution in [2.45, 2.75) is 32.9 Å². The summed E-state index contributed by atoms with van der Waals surface area (Å²) in [5.74, 6) is -0.475. The van der Waals surface area contributed by atoms with Crippen LogP contribution in [0.1, 0.15) is 19.4 Å². The third-order valence-electron chi connectivity index (χ3n) is 2.41. The SMILES string of the molecule is Cc1c(O)n(CC(C)(C)NS(C)(=O)=O)c(=O)[nH]c1=O. The van der Waals surface area contributed by atoms with Gasteiger partial charge in [0.1, 0.15) is 0 Å². The molecule has 108 valence electrons. The zero-order chi connectivity index (χ0) is 15.0. The molecule has 0 saturated heterocycles. The van der Waals surface area contributed by atoms with Crippen molar-refractivity contribution in [2.75, 3.05) is 6.26 Å². The average Bonchev–Trinajstić information content (AvgIpc) is 2.18. The lowest BCUT2D eigenvalue weighted by Gasteiger charge is -2.26. The molecule has 1 aromatic heterocycles. The number of hydrogen-bond acceptors (Lipinski definition) is 5. The fourth-order valence-electron chi connectivity index (χ4n) is 1.73. The summed E-state index contributed by atoms with van der Waals surface area (Å²) < 4.78 is 25.7. The standard InChI is InChI=1S/C10H17N3O5S/c1-6-7(14)11-9(16)13(8(6)15)5-10(2,3)12-19(4,17)18/h12,15H,5H2,1-4H3,(H,11,14,16). The zero-order valence-corrected chi connectivity index (χ0v) is 12.0. The molecule has 0 spiro atoms. The molecule has 0 atom stereocenters. The fraction of sp³-hybridized carbons (Fsp3) is 0.600. The van der Waals surface area contributed by atoms with Gasteiger partial charge in [-0.25, -0.2) is 17.9 Å². The largest absolute Gasteiger partial charge is 0.494 e. The molecule has 0 amide bonds. The molecule has 0 aliphatic rings. The summed E-state index contributed by atoms with van der Waals surface area (Å²) in [6, 6.07) is 0. The van der Waals surface area contributed by atoms with Crippen LogP contribution in [0.25, 0.3) is 0 Å². The highest BCUT2D eigenvalue weighted by Gasteiger charge is 2.25. The highest BCUT2D eigenvalue weighted by molar-refractivity contribution is 7.88. The van der Waals surface area contributed by atoms with E-state index >= 15 is 0 Å². The zero-order valence-electron chi connectivity index (χ0n) is 11.1. The van der Waals surface area contributed by atoms with E-state index in [4.69, 9.17) is 0 Å². The van der Waals surface area contributed by atoms with E-state index in [1.165, 1.54) is 6.92 Å². The molecule has 0 fully saturated rings. The van der Waals surface area contributed by atoms with Gasteiger partial charge in [0.05, 0.1) is 11.8 Å². The molecule has 1 heterocycles. The van der Waals surface area contributed by atoms with E-state index in [0.717, 1.165) is 10.8 Å². The first-order valence-electron chi connectivity index (χ1n) is 5.44. The highest BCUT2D eigenvalue weighted by atomic mass is 32.2. The Balaban J connectivity index is 3.24. The van der Waals surface area contributed by atoms with Gasteiger partial charge in [-0.1, -0.05) is 0 Å². The number of H-pyrrole nitrogens is 1. The Labute approximate surface area is 110 Å². The Morgan fingerprint density at radius 1 is 1.37 bits per heavy atom. The molecule has 1 aromatic rings. The summed E-state index contributed by atoms with van der Waals surface area (Å²) in [7, 11) is -3.46. The van der Waals surface area contributed by atoms with Crippen molar-refractivity contribution in [3.05, 3.63) is 26.4 Å². The number of aromatic hydroxyl groups is 1. The van der Waals surface area contributed by atoms with Crippen molar-refractivity contribution in [1.82, 2.24) is 14.3 Å². The second-order valence-corrected chi connectivity index (χ2v) is 6.80. The third kappa shape index (κ3) is 3.93. The van der Waals surface area contributed by atoms with Gasteiger partial charge in [0.2, 0.25) is 15.9 Å². The minimum atomic E-state index is -3.46. The molecule has 9 heteroatoms. The van der Waals surface area contributed by atoms with Gasteiger partial charge in [-0.2, -0.15) is 0 Å². The van der Waals surface area contributed by atoms with Crippen LogP contribution in [0.2, 0.25) is 0 Å². The van der Waals surface area contributed by atoms with Crippen LogP contribution in [-0.4, -0.2) is 34.9 Å². The van der Waals surface area contributed by atoms with Gasteiger partial charge < -0.3 is 5.11 Å². The van der Waals surface area contributed by atoms with E-state index in [1.54, 1.807) is 13.8 Å². The summed E-state index contributed by atoms with van der Waals surface area (Å²) in [5, 5.41) is 9.79. The topological polar surface area (TPSA) is 121 Å². The van der Waals surface area contributed by atoms with Crippen LogP contribution >= 0.6 is 0 Å². The monoisotopic (exact) mass is 291 g/mol. The molecule has 0 unspecified atom stereocenters. The number of nitrogens with one attached hydrogen (secondary N) is 2. The summed E-state index contributed by atoms with van der Waals surface area (Å²) in [6.45, 7) is 4.35. The average molecular weight is 291 g/mol. The molecule has 0 aromatic carbocycles. The van der Waals surface area contributed by atoms with Crippen molar-refractivity contribution < 1.29 is 13.5 Å². The lowest BCUT2D eigenvalue weighted by atomic mass is 10.1. The van der Waals surface area contributed by atoms with Crippen molar-refractivity contribution in [3.63, 3.8) is 0 Å². The second kappa shape index (κ2) is 4.82. The third-order valence-corrected chi connectivity index (χ3v) is 3.34. The normalized spacial score (nSPS) is 12.6. The molecule has 1 rings (SSSR count). The number of sulfonamides is 1. The molecule has 0 saturated carbocycles. The van der Waals surface area contributed by atoms with Crippen molar-refractivity contribution in [1.29, 1.82) is 0 Å². The molecular formula is C10H17N3O5S. The second-order valence-electron chi connectivity index (χ2n) is 5.05. The quantitative estimate of drug-likeness (QED) is 0.648. The first kappa shape index (κ1) is 15.4. The lowest BCUT2D eigenvalue weighted by molar-refractivity contribution is 0.331. The smallest absolute Gasteiger partial charge is 0.331 e. The van der Waals surface area contributed by atoms with Crippen molar-refractivity contribution in [3.8, 4) is 5.88 Å². The van der Waals surface area contributed by atoms with Crippen molar-refractivity contribution >= 4 is 10.0 Å². The van der Waals surface area contributed by atoms with E-state index in [0.29, 0.717) is 0 Å². The summed E-state index contributed by atoms with van der Waals surface area (Å²) in [5.41, 5.74) is -2.47. The van der Waals surface area contributed by atoms with E-state index in [1.807, 2.05) is 4.98 Å². The van der Waals surface area contributed by atoms with Gasteiger partial charge in [0.25, 0.3) is 5.56 Å². The molecule has 0 aliphatic carbocycles. The minimum Gasteiger partial charge on any atom is -0.494 e. The van der Waals surface area contributed by atoms with E-state index in [2.05, 4.69) is 4.72 Å². The van der Waals surface area contributed by atoms with Crippen LogP contribution in [-0.2, 0) is 16.6 Å². The summed E-state index contributed by atoms with van der Waals surface area (Å²) >= 11 is 0. The summed E-state index contributed by atoms with van der Waals surface area (Å²) in [6.07, 6.45) is 0.996. The molecule has 3 N–H and O–H groups in total. The van der Waals surface area contributed by atoms with Crippen LogP contribution < -0.4 is 16.0 Å². The van der Waals surface area contributed by atoms with Crippen molar-refractivity contribution in [2.24, 2.45) is 0 Å². The van der Waals surface area contributed by atoms with Crippen LogP contribution in [0.4, 0.5) is 0 Å². The molecule has 0 radical (unpaired) electrons. The lowest BCUT2D eigenvalue weighted by Crippen LogP contribution is -2.48. The Kier molecular flexibility index (Phi) is 3.92. The minimum absolute atomic E-state index is 0.00486. The number of rotatable bonds is 4. The van der Waals surface area contributed by atoms with E-state index in [-0.39, 0.29) is 12.1 Å². The number of aromatic amines is 1. The maximum absolute atomic E-state index is 11.6. The van der Waals surface area contributed by atoms with Gasteiger partial charge in [-0.15, -0.1) is 0 Å². The maximum Gasteiger partial charge on any atom is 0.331 e. The molecule has 8 nitrogen and oxygen atoms in total. The first-order valence-corrected chi connectivity index (χ1v) is 7.34.